The van der Waals surface area contributed by atoms with Crippen LogP contribution < -0.4 is 9.47 Å². The van der Waals surface area contributed by atoms with Crippen LogP contribution in [0.1, 0.15) is 18.6 Å². The van der Waals surface area contributed by atoms with Crippen molar-refractivity contribution < 1.29 is 24.1 Å². The highest BCUT2D eigenvalue weighted by atomic mass is 16.6. The number of carboxylic acids is 1. The number of aliphatic carboxylic acids is 1. The van der Waals surface area contributed by atoms with Gasteiger partial charge in [0.05, 0.1) is 0 Å². The van der Waals surface area contributed by atoms with Crippen molar-refractivity contribution in [2.24, 2.45) is 0 Å². The molecule has 2 rings (SSSR count). The van der Waals surface area contributed by atoms with E-state index in [9.17, 15) is 4.79 Å². The van der Waals surface area contributed by atoms with E-state index in [1.54, 1.807) is 25.1 Å². The SMILES string of the molecule is CCOC(C(=O)O)c1ccc2c(c1)OCCO2. The zero-order valence-corrected chi connectivity index (χ0v) is 9.51. The van der Waals surface area contributed by atoms with Crippen molar-refractivity contribution in [2.75, 3.05) is 19.8 Å². The third kappa shape index (κ3) is 2.50. The molecular formula is C12H14O5. The maximum Gasteiger partial charge on any atom is 0.337 e. The number of fused-ring (bicyclic) bond motifs is 1. The van der Waals surface area contributed by atoms with Gasteiger partial charge in [-0.3, -0.25) is 0 Å². The molecule has 5 nitrogen and oxygen atoms in total. The van der Waals surface area contributed by atoms with Crippen LogP contribution in [0.15, 0.2) is 18.2 Å². The summed E-state index contributed by atoms with van der Waals surface area (Å²) in [6.45, 7) is 3.09. The molecule has 92 valence electrons. The summed E-state index contributed by atoms with van der Waals surface area (Å²) in [4.78, 5) is 11.1. The van der Waals surface area contributed by atoms with Gasteiger partial charge in [-0.25, -0.2) is 4.79 Å². The molecule has 0 bridgehead atoms. The number of carboxylic acid groups (broad SMARTS) is 1. The first-order chi connectivity index (χ1) is 8.22. The van der Waals surface area contributed by atoms with E-state index in [1.165, 1.54) is 0 Å². The van der Waals surface area contributed by atoms with E-state index in [0.717, 1.165) is 0 Å². The van der Waals surface area contributed by atoms with E-state index >= 15 is 0 Å². The zero-order chi connectivity index (χ0) is 12.3. The number of rotatable bonds is 4. The lowest BCUT2D eigenvalue weighted by Crippen LogP contribution is -2.18. The van der Waals surface area contributed by atoms with Crippen molar-refractivity contribution in [3.05, 3.63) is 23.8 Å². The minimum absolute atomic E-state index is 0.339. The van der Waals surface area contributed by atoms with Crippen LogP contribution in [0.3, 0.4) is 0 Å². The number of benzene rings is 1. The van der Waals surface area contributed by atoms with Crippen molar-refractivity contribution >= 4 is 5.97 Å². The molecule has 1 atom stereocenters. The molecular weight excluding hydrogens is 224 g/mol. The Morgan fingerprint density at radius 1 is 1.41 bits per heavy atom. The first kappa shape index (κ1) is 11.7. The minimum Gasteiger partial charge on any atom is -0.486 e. The Labute approximate surface area is 98.9 Å². The second-order valence-electron chi connectivity index (χ2n) is 3.58. The molecule has 1 aliphatic heterocycles. The van der Waals surface area contributed by atoms with Crippen LogP contribution in [0.2, 0.25) is 0 Å². The lowest BCUT2D eigenvalue weighted by atomic mass is 10.1. The predicted octanol–water partition coefficient (Wildman–Crippen LogP) is 1.62. The Bertz CT molecular complexity index is 415. The molecule has 17 heavy (non-hydrogen) atoms. The highest BCUT2D eigenvalue weighted by Gasteiger charge is 2.22. The summed E-state index contributed by atoms with van der Waals surface area (Å²) in [5.74, 6) is 0.198. The fourth-order valence-corrected chi connectivity index (χ4v) is 1.70. The lowest BCUT2D eigenvalue weighted by Gasteiger charge is -2.20. The molecule has 0 amide bonds. The van der Waals surface area contributed by atoms with Gasteiger partial charge in [-0.15, -0.1) is 0 Å². The second kappa shape index (κ2) is 5.05. The van der Waals surface area contributed by atoms with Gasteiger partial charge in [0.25, 0.3) is 0 Å². The minimum atomic E-state index is -1.01. The van der Waals surface area contributed by atoms with E-state index in [2.05, 4.69) is 0 Å². The monoisotopic (exact) mass is 238 g/mol. The Hall–Kier alpha value is -1.75. The lowest BCUT2D eigenvalue weighted by molar-refractivity contribution is -0.150. The fourth-order valence-electron chi connectivity index (χ4n) is 1.70. The zero-order valence-electron chi connectivity index (χ0n) is 9.51. The van der Waals surface area contributed by atoms with E-state index < -0.39 is 12.1 Å². The Morgan fingerprint density at radius 3 is 2.76 bits per heavy atom. The molecule has 1 N–H and O–H groups in total. The average molecular weight is 238 g/mol. The summed E-state index contributed by atoms with van der Waals surface area (Å²) < 4.78 is 15.9. The maximum absolute atomic E-state index is 11.1. The molecule has 0 fully saturated rings. The Kier molecular flexibility index (Phi) is 3.49. The molecule has 0 radical (unpaired) electrons. The highest BCUT2D eigenvalue weighted by Crippen LogP contribution is 2.33. The summed E-state index contributed by atoms with van der Waals surface area (Å²) in [6.07, 6.45) is -0.962. The summed E-state index contributed by atoms with van der Waals surface area (Å²) in [7, 11) is 0. The summed E-state index contributed by atoms with van der Waals surface area (Å²) >= 11 is 0. The normalized spacial score (nSPS) is 15.4. The molecule has 0 saturated carbocycles. The Morgan fingerprint density at radius 2 is 2.12 bits per heavy atom. The van der Waals surface area contributed by atoms with Crippen LogP contribution >= 0.6 is 0 Å². The van der Waals surface area contributed by atoms with Crippen molar-refractivity contribution in [1.29, 1.82) is 0 Å². The van der Waals surface area contributed by atoms with E-state index in [-0.39, 0.29) is 0 Å². The largest absolute Gasteiger partial charge is 0.486 e. The van der Waals surface area contributed by atoms with Crippen LogP contribution in [-0.2, 0) is 9.53 Å². The number of hydrogen-bond acceptors (Lipinski definition) is 4. The molecule has 1 aliphatic rings. The van der Waals surface area contributed by atoms with Gasteiger partial charge in [0.15, 0.2) is 17.6 Å². The molecule has 1 aromatic rings. The molecule has 0 aromatic heterocycles. The summed E-state index contributed by atoms with van der Waals surface area (Å²) in [5.41, 5.74) is 0.559. The standard InChI is InChI=1S/C12H14O5/c1-2-15-11(12(13)14)8-3-4-9-10(7-8)17-6-5-16-9/h3-4,7,11H,2,5-6H2,1H3,(H,13,14). The second-order valence-corrected chi connectivity index (χ2v) is 3.58. The van der Waals surface area contributed by atoms with Gasteiger partial charge in [-0.05, 0) is 24.6 Å². The number of carbonyl (C=O) groups is 1. The Balaban J connectivity index is 2.28. The highest BCUT2D eigenvalue weighted by molar-refractivity contribution is 5.74. The van der Waals surface area contributed by atoms with Gasteiger partial charge in [0, 0.05) is 6.61 Å². The third-order valence-corrected chi connectivity index (χ3v) is 2.43. The molecule has 1 heterocycles. The number of ether oxygens (including phenoxy) is 3. The van der Waals surface area contributed by atoms with Crippen molar-refractivity contribution in [1.82, 2.24) is 0 Å². The van der Waals surface area contributed by atoms with Crippen molar-refractivity contribution in [2.45, 2.75) is 13.0 Å². The predicted molar refractivity (Wildman–Crippen MR) is 59.4 cm³/mol. The van der Waals surface area contributed by atoms with Crippen LogP contribution in [0.4, 0.5) is 0 Å². The van der Waals surface area contributed by atoms with E-state index in [4.69, 9.17) is 19.3 Å². The molecule has 0 spiro atoms. The van der Waals surface area contributed by atoms with Crippen LogP contribution in [-0.4, -0.2) is 30.9 Å². The molecule has 0 saturated heterocycles. The number of hydrogen-bond donors (Lipinski definition) is 1. The first-order valence-corrected chi connectivity index (χ1v) is 5.46. The quantitative estimate of drug-likeness (QED) is 0.863. The van der Waals surface area contributed by atoms with Gasteiger partial charge in [-0.2, -0.15) is 0 Å². The van der Waals surface area contributed by atoms with Gasteiger partial charge in [0.2, 0.25) is 0 Å². The van der Waals surface area contributed by atoms with E-state index in [0.29, 0.717) is 36.9 Å². The molecule has 1 aromatic carbocycles. The van der Waals surface area contributed by atoms with Crippen molar-refractivity contribution in [3.63, 3.8) is 0 Å². The average Bonchev–Trinajstić information content (AvgIpc) is 2.35. The van der Waals surface area contributed by atoms with Gasteiger partial charge < -0.3 is 19.3 Å². The van der Waals surface area contributed by atoms with Gasteiger partial charge >= 0.3 is 5.97 Å². The smallest absolute Gasteiger partial charge is 0.337 e. The topological polar surface area (TPSA) is 65.0 Å². The summed E-state index contributed by atoms with van der Waals surface area (Å²) in [6, 6.07) is 5.05. The van der Waals surface area contributed by atoms with Crippen molar-refractivity contribution in [3.8, 4) is 11.5 Å². The first-order valence-electron chi connectivity index (χ1n) is 5.46. The van der Waals surface area contributed by atoms with Gasteiger partial charge in [0.1, 0.15) is 13.2 Å². The van der Waals surface area contributed by atoms with Crippen LogP contribution in [0.5, 0.6) is 11.5 Å². The summed E-state index contributed by atoms with van der Waals surface area (Å²) in [5, 5.41) is 9.06. The maximum atomic E-state index is 11.1. The molecule has 0 aliphatic carbocycles. The van der Waals surface area contributed by atoms with Crippen LogP contribution in [0, 0.1) is 0 Å². The van der Waals surface area contributed by atoms with Crippen LogP contribution in [0.25, 0.3) is 0 Å². The van der Waals surface area contributed by atoms with Gasteiger partial charge in [-0.1, -0.05) is 6.07 Å². The molecule has 5 heteroatoms. The third-order valence-electron chi connectivity index (χ3n) is 2.43. The van der Waals surface area contributed by atoms with E-state index in [1.807, 2.05) is 0 Å². The molecule has 1 unspecified atom stereocenters. The fraction of sp³-hybridized carbons (Fsp3) is 0.417.